The quantitative estimate of drug-likeness (QED) is 0.622. The van der Waals surface area contributed by atoms with Gasteiger partial charge in [-0.2, -0.15) is 0 Å². The normalized spacial score (nSPS) is 18.3. The number of hydrogen-bond donors (Lipinski definition) is 2. The Morgan fingerprint density at radius 2 is 1.97 bits per heavy atom. The number of carbonyl (C=O) groups excluding carboxylic acids is 2. The molecule has 1 aromatic heterocycles. The average molecular weight is 459 g/mol. The number of sulfone groups is 1. The molecule has 1 aliphatic rings. The van der Waals surface area contributed by atoms with Gasteiger partial charge in [-0.25, -0.2) is 26.4 Å². The lowest BCUT2D eigenvalue weighted by Crippen LogP contribution is -2.35. The highest BCUT2D eigenvalue weighted by atomic mass is 32.2. The van der Waals surface area contributed by atoms with Gasteiger partial charge >= 0.3 is 5.97 Å². The van der Waals surface area contributed by atoms with Gasteiger partial charge in [-0.15, -0.1) is 11.3 Å². The number of anilines is 1. The predicted octanol–water partition coefficient (Wildman–Crippen LogP) is 1.25. The third-order valence-electron chi connectivity index (χ3n) is 4.19. The van der Waals surface area contributed by atoms with Crippen LogP contribution < -0.4 is 10.0 Å². The Labute approximate surface area is 172 Å². The molecule has 12 heteroatoms. The third-order valence-corrected chi connectivity index (χ3v) is 8.46. The van der Waals surface area contributed by atoms with Crippen molar-refractivity contribution in [3.05, 3.63) is 46.8 Å². The number of sulfonamides is 1. The minimum absolute atomic E-state index is 0.0585. The highest BCUT2D eigenvalue weighted by Crippen LogP contribution is 2.24. The van der Waals surface area contributed by atoms with Crippen LogP contribution in [0.3, 0.4) is 0 Å². The summed E-state index contributed by atoms with van der Waals surface area (Å²) in [7, 11) is -5.97. The van der Waals surface area contributed by atoms with Crippen LogP contribution in [0.1, 0.15) is 26.5 Å². The third kappa shape index (κ3) is 5.21. The molecule has 29 heavy (non-hydrogen) atoms. The van der Waals surface area contributed by atoms with Gasteiger partial charge in [0.05, 0.1) is 28.5 Å². The first-order valence-corrected chi connectivity index (χ1v) is 12.5. The summed E-state index contributed by atoms with van der Waals surface area (Å²) in [6.07, 6.45) is 0.211. The van der Waals surface area contributed by atoms with Crippen molar-refractivity contribution in [3.63, 3.8) is 0 Å². The van der Waals surface area contributed by atoms with Crippen LogP contribution in [-0.2, 0) is 24.6 Å². The van der Waals surface area contributed by atoms with E-state index in [1.165, 1.54) is 43.5 Å². The molecule has 9 nitrogen and oxygen atoms in total. The van der Waals surface area contributed by atoms with Crippen LogP contribution in [0, 0.1) is 0 Å². The van der Waals surface area contributed by atoms with Crippen molar-refractivity contribution < 1.29 is 31.2 Å². The fourth-order valence-corrected chi connectivity index (χ4v) is 6.69. The van der Waals surface area contributed by atoms with E-state index in [0.717, 1.165) is 11.3 Å². The molecule has 0 spiro atoms. The van der Waals surface area contributed by atoms with Crippen molar-refractivity contribution in [1.29, 1.82) is 0 Å². The Kier molecular flexibility index (Phi) is 6.08. The SMILES string of the molecule is COC(=O)c1ccc(NC(=O)c2cccc(S(=O)(=O)NC3CCS(=O)(=O)C3)c2)s1. The van der Waals surface area contributed by atoms with Gasteiger partial charge in [-0.1, -0.05) is 6.07 Å². The molecule has 1 atom stereocenters. The second kappa shape index (κ2) is 8.22. The number of esters is 1. The highest BCUT2D eigenvalue weighted by molar-refractivity contribution is 7.92. The molecule has 1 unspecified atom stereocenters. The molecule has 0 bridgehead atoms. The summed E-state index contributed by atoms with van der Waals surface area (Å²) < 4.78 is 55.2. The van der Waals surface area contributed by atoms with Crippen LogP contribution in [-0.4, -0.2) is 53.4 Å². The summed E-state index contributed by atoms with van der Waals surface area (Å²) in [5, 5.41) is 3.00. The second-order valence-electron chi connectivity index (χ2n) is 6.36. The lowest BCUT2D eigenvalue weighted by Gasteiger charge is -2.12. The van der Waals surface area contributed by atoms with Crippen molar-refractivity contribution in [1.82, 2.24) is 4.72 Å². The van der Waals surface area contributed by atoms with Crippen LogP contribution >= 0.6 is 11.3 Å². The fraction of sp³-hybridized carbons (Fsp3) is 0.294. The standard InChI is InChI=1S/C17H18N2O7S3/c1-26-17(21)14-5-6-15(27-14)18-16(20)11-3-2-4-13(9-11)29(24,25)19-12-7-8-28(22,23)10-12/h2-6,9,12,19H,7-8,10H2,1H3,(H,18,20). The molecule has 1 saturated heterocycles. The molecule has 2 aromatic rings. The number of carbonyl (C=O) groups is 2. The first-order valence-electron chi connectivity index (χ1n) is 8.42. The molecule has 0 aliphatic carbocycles. The summed E-state index contributed by atoms with van der Waals surface area (Å²) in [6.45, 7) is 0. The van der Waals surface area contributed by atoms with Gasteiger partial charge < -0.3 is 10.1 Å². The van der Waals surface area contributed by atoms with Crippen LogP contribution in [0.15, 0.2) is 41.3 Å². The zero-order valence-corrected chi connectivity index (χ0v) is 17.7. The van der Waals surface area contributed by atoms with Crippen molar-refractivity contribution in [3.8, 4) is 0 Å². The number of rotatable bonds is 6. The van der Waals surface area contributed by atoms with Crippen molar-refractivity contribution in [2.75, 3.05) is 23.9 Å². The van der Waals surface area contributed by atoms with E-state index in [4.69, 9.17) is 0 Å². The number of thiophene rings is 1. The molecule has 2 heterocycles. The summed E-state index contributed by atoms with van der Waals surface area (Å²) in [5.74, 6) is -1.38. The number of hydrogen-bond acceptors (Lipinski definition) is 8. The molecule has 156 valence electrons. The molecule has 2 N–H and O–H groups in total. The Hall–Kier alpha value is -2.28. The molecule has 1 fully saturated rings. The zero-order chi connectivity index (χ0) is 21.2. The largest absolute Gasteiger partial charge is 0.465 e. The van der Waals surface area contributed by atoms with Gasteiger partial charge in [-0.05, 0) is 36.8 Å². The maximum absolute atomic E-state index is 12.6. The number of nitrogens with one attached hydrogen (secondary N) is 2. The van der Waals surface area contributed by atoms with E-state index in [-0.39, 0.29) is 28.4 Å². The van der Waals surface area contributed by atoms with Crippen molar-refractivity contribution in [2.45, 2.75) is 17.4 Å². The monoisotopic (exact) mass is 458 g/mol. The minimum atomic E-state index is -3.99. The Bertz CT molecular complexity index is 1150. The lowest BCUT2D eigenvalue weighted by molar-refractivity contribution is 0.0606. The van der Waals surface area contributed by atoms with Gasteiger partial charge in [0.15, 0.2) is 9.84 Å². The molecule has 1 amide bonds. The highest BCUT2D eigenvalue weighted by Gasteiger charge is 2.31. The first kappa shape index (κ1) is 21.4. The smallest absolute Gasteiger partial charge is 0.348 e. The Balaban J connectivity index is 1.73. The topological polar surface area (TPSA) is 136 Å². The summed E-state index contributed by atoms with van der Waals surface area (Å²) in [4.78, 5) is 24.1. The maximum atomic E-state index is 12.6. The van der Waals surface area contributed by atoms with Crippen LogP contribution in [0.4, 0.5) is 5.00 Å². The van der Waals surface area contributed by atoms with E-state index in [2.05, 4.69) is 14.8 Å². The lowest BCUT2D eigenvalue weighted by atomic mass is 10.2. The predicted molar refractivity (Wildman–Crippen MR) is 107 cm³/mol. The van der Waals surface area contributed by atoms with Gasteiger partial charge in [0, 0.05) is 11.6 Å². The number of benzene rings is 1. The van der Waals surface area contributed by atoms with E-state index in [1.54, 1.807) is 0 Å². The Morgan fingerprint density at radius 3 is 2.62 bits per heavy atom. The average Bonchev–Trinajstić information content (AvgIpc) is 3.26. The van der Waals surface area contributed by atoms with Crippen molar-refractivity contribution in [2.24, 2.45) is 0 Å². The number of methoxy groups -OCH3 is 1. The summed E-state index contributed by atoms with van der Waals surface area (Å²) in [5.41, 5.74) is 0.0972. The Morgan fingerprint density at radius 1 is 1.21 bits per heavy atom. The van der Waals surface area contributed by atoms with E-state index in [1.807, 2.05) is 0 Å². The van der Waals surface area contributed by atoms with Gasteiger partial charge in [0.25, 0.3) is 5.91 Å². The zero-order valence-electron chi connectivity index (χ0n) is 15.2. The molecule has 3 rings (SSSR count). The maximum Gasteiger partial charge on any atom is 0.348 e. The molecular weight excluding hydrogens is 440 g/mol. The van der Waals surface area contributed by atoms with E-state index < -0.39 is 37.8 Å². The fourth-order valence-electron chi connectivity index (χ4n) is 2.78. The van der Waals surface area contributed by atoms with Gasteiger partial charge in [0.1, 0.15) is 4.88 Å². The van der Waals surface area contributed by atoms with Crippen LogP contribution in [0.5, 0.6) is 0 Å². The molecule has 1 aromatic carbocycles. The second-order valence-corrected chi connectivity index (χ2v) is 11.4. The van der Waals surface area contributed by atoms with Crippen LogP contribution in [0.25, 0.3) is 0 Å². The summed E-state index contributed by atoms with van der Waals surface area (Å²) in [6, 6.07) is 7.75. The molecule has 0 radical (unpaired) electrons. The van der Waals surface area contributed by atoms with E-state index in [0.29, 0.717) is 9.88 Å². The minimum Gasteiger partial charge on any atom is -0.465 e. The van der Waals surface area contributed by atoms with Crippen LogP contribution in [0.2, 0.25) is 0 Å². The number of amides is 1. The molecule has 1 aliphatic heterocycles. The van der Waals surface area contributed by atoms with Gasteiger partial charge in [0.2, 0.25) is 10.0 Å². The van der Waals surface area contributed by atoms with Gasteiger partial charge in [-0.3, -0.25) is 4.79 Å². The molecular formula is C17H18N2O7S3. The van der Waals surface area contributed by atoms with Crippen molar-refractivity contribution >= 4 is 48.1 Å². The van der Waals surface area contributed by atoms with E-state index in [9.17, 15) is 26.4 Å². The molecule has 0 saturated carbocycles. The number of ether oxygens (including phenoxy) is 1. The summed E-state index contributed by atoms with van der Waals surface area (Å²) >= 11 is 1.03. The first-order chi connectivity index (χ1) is 13.6. The van der Waals surface area contributed by atoms with E-state index >= 15 is 0 Å².